The molecular formula is C16H26N2OS. The first-order valence-corrected chi connectivity index (χ1v) is 9.00. The number of nitrogens with one attached hydrogen (secondary N) is 1. The highest BCUT2D eigenvalue weighted by Gasteiger charge is 2.40. The number of ether oxygens (including phenoxy) is 1. The molecule has 1 aliphatic carbocycles. The van der Waals surface area contributed by atoms with E-state index in [0.717, 1.165) is 13.0 Å². The van der Waals surface area contributed by atoms with Crippen LogP contribution >= 0.6 is 11.3 Å². The van der Waals surface area contributed by atoms with E-state index >= 15 is 0 Å². The van der Waals surface area contributed by atoms with Crippen molar-refractivity contribution in [1.29, 1.82) is 0 Å². The maximum atomic E-state index is 6.42. The second-order valence-corrected chi connectivity index (χ2v) is 7.19. The van der Waals surface area contributed by atoms with Gasteiger partial charge in [-0.1, -0.05) is 26.2 Å². The molecule has 1 N–H and O–H groups in total. The quantitative estimate of drug-likeness (QED) is 0.889. The lowest BCUT2D eigenvalue weighted by molar-refractivity contribution is -0.0630. The molecule has 3 nitrogen and oxygen atoms in total. The molecule has 0 radical (unpaired) electrons. The second kappa shape index (κ2) is 6.54. The van der Waals surface area contributed by atoms with Crippen LogP contribution in [0.3, 0.4) is 0 Å². The molecule has 2 heterocycles. The summed E-state index contributed by atoms with van der Waals surface area (Å²) < 4.78 is 6.42. The summed E-state index contributed by atoms with van der Waals surface area (Å²) in [4.78, 5) is 4.43. The Labute approximate surface area is 126 Å². The van der Waals surface area contributed by atoms with Gasteiger partial charge < -0.3 is 10.1 Å². The van der Waals surface area contributed by atoms with Crippen LogP contribution in [-0.4, -0.2) is 23.2 Å². The molecule has 112 valence electrons. The van der Waals surface area contributed by atoms with Gasteiger partial charge in [-0.15, -0.1) is 11.3 Å². The lowest BCUT2D eigenvalue weighted by Gasteiger charge is -2.33. The summed E-state index contributed by atoms with van der Waals surface area (Å²) in [7, 11) is 0. The van der Waals surface area contributed by atoms with Crippen molar-refractivity contribution >= 4 is 11.3 Å². The standard InChI is InChI=1S/C16H26N2OS/c1-2-14(15-17-10-11-20-15)18-12-13-6-9-16(19-13)7-4-3-5-8-16/h10-11,13-14,18H,2-9,12H2,1H3. The average molecular weight is 294 g/mol. The highest BCUT2D eigenvalue weighted by atomic mass is 32.1. The van der Waals surface area contributed by atoms with Gasteiger partial charge in [-0.25, -0.2) is 4.98 Å². The number of nitrogens with zero attached hydrogens (tertiary/aromatic N) is 1. The maximum Gasteiger partial charge on any atom is 0.109 e. The molecule has 1 aliphatic heterocycles. The van der Waals surface area contributed by atoms with Crippen LogP contribution in [0.15, 0.2) is 11.6 Å². The molecule has 20 heavy (non-hydrogen) atoms. The summed E-state index contributed by atoms with van der Waals surface area (Å²) in [5, 5.41) is 6.92. The molecular weight excluding hydrogens is 268 g/mol. The van der Waals surface area contributed by atoms with Gasteiger partial charge in [0.05, 0.1) is 17.7 Å². The van der Waals surface area contributed by atoms with Crippen molar-refractivity contribution in [2.45, 2.75) is 76.0 Å². The van der Waals surface area contributed by atoms with Gasteiger partial charge in [0.15, 0.2) is 0 Å². The molecule has 2 fully saturated rings. The van der Waals surface area contributed by atoms with Crippen LogP contribution in [0.1, 0.15) is 69.3 Å². The Balaban J connectivity index is 1.49. The van der Waals surface area contributed by atoms with E-state index < -0.39 is 0 Å². The van der Waals surface area contributed by atoms with Gasteiger partial charge in [0.2, 0.25) is 0 Å². The molecule has 4 heteroatoms. The minimum Gasteiger partial charge on any atom is -0.370 e. The van der Waals surface area contributed by atoms with E-state index in [1.54, 1.807) is 11.3 Å². The molecule has 2 atom stereocenters. The van der Waals surface area contributed by atoms with Crippen LogP contribution in [0, 0.1) is 0 Å². The van der Waals surface area contributed by atoms with E-state index in [1.807, 2.05) is 6.20 Å². The van der Waals surface area contributed by atoms with Crippen LogP contribution < -0.4 is 5.32 Å². The van der Waals surface area contributed by atoms with E-state index in [2.05, 4.69) is 22.6 Å². The number of hydrogen-bond acceptors (Lipinski definition) is 4. The molecule has 0 amide bonds. The van der Waals surface area contributed by atoms with Gasteiger partial charge in [-0.05, 0) is 32.1 Å². The lowest BCUT2D eigenvalue weighted by atomic mass is 9.83. The zero-order valence-electron chi connectivity index (χ0n) is 12.4. The van der Waals surface area contributed by atoms with Crippen molar-refractivity contribution in [2.24, 2.45) is 0 Å². The van der Waals surface area contributed by atoms with Crippen molar-refractivity contribution in [2.75, 3.05) is 6.54 Å². The molecule has 1 saturated heterocycles. The summed E-state index contributed by atoms with van der Waals surface area (Å²) >= 11 is 1.75. The van der Waals surface area contributed by atoms with E-state index in [1.165, 1.54) is 50.0 Å². The highest BCUT2D eigenvalue weighted by molar-refractivity contribution is 7.09. The fraction of sp³-hybridized carbons (Fsp3) is 0.812. The third-order valence-electron chi connectivity index (χ3n) is 4.85. The first kappa shape index (κ1) is 14.5. The molecule has 0 aromatic carbocycles. The minimum absolute atomic E-state index is 0.244. The van der Waals surface area contributed by atoms with Crippen LogP contribution in [0.25, 0.3) is 0 Å². The maximum absolute atomic E-state index is 6.42. The fourth-order valence-electron chi connectivity index (χ4n) is 3.69. The third kappa shape index (κ3) is 3.23. The number of thiazole rings is 1. The molecule has 1 aromatic rings. The molecule has 1 spiro atoms. The van der Waals surface area contributed by atoms with Crippen molar-refractivity contribution in [3.05, 3.63) is 16.6 Å². The second-order valence-electron chi connectivity index (χ2n) is 6.26. The number of aromatic nitrogens is 1. The van der Waals surface area contributed by atoms with Crippen LogP contribution in [0.4, 0.5) is 0 Å². The topological polar surface area (TPSA) is 34.1 Å². The van der Waals surface area contributed by atoms with Gasteiger partial charge in [-0.3, -0.25) is 0 Å². The van der Waals surface area contributed by atoms with Gasteiger partial charge >= 0.3 is 0 Å². The van der Waals surface area contributed by atoms with Crippen molar-refractivity contribution in [1.82, 2.24) is 10.3 Å². The predicted octanol–water partition coefficient (Wildman–Crippen LogP) is 4.07. The Morgan fingerprint density at radius 2 is 2.25 bits per heavy atom. The van der Waals surface area contributed by atoms with E-state index in [4.69, 9.17) is 4.74 Å². The smallest absolute Gasteiger partial charge is 0.109 e. The monoisotopic (exact) mass is 294 g/mol. The van der Waals surface area contributed by atoms with E-state index in [0.29, 0.717) is 12.1 Å². The summed E-state index contributed by atoms with van der Waals surface area (Å²) in [6, 6.07) is 0.390. The Morgan fingerprint density at radius 1 is 1.40 bits per heavy atom. The minimum atomic E-state index is 0.244. The first-order chi connectivity index (χ1) is 9.81. The summed E-state index contributed by atoms with van der Waals surface area (Å²) in [6.45, 7) is 3.19. The molecule has 2 aliphatic rings. The van der Waals surface area contributed by atoms with Gasteiger partial charge in [0.25, 0.3) is 0 Å². The summed E-state index contributed by atoms with van der Waals surface area (Å²) in [5.74, 6) is 0. The van der Waals surface area contributed by atoms with Crippen LogP contribution in [0.5, 0.6) is 0 Å². The van der Waals surface area contributed by atoms with Gasteiger partial charge in [0, 0.05) is 18.1 Å². The van der Waals surface area contributed by atoms with Gasteiger partial charge in [0.1, 0.15) is 5.01 Å². The number of rotatable bonds is 5. The Hall–Kier alpha value is -0.450. The molecule has 3 rings (SSSR count). The normalized spacial score (nSPS) is 26.9. The van der Waals surface area contributed by atoms with E-state index in [-0.39, 0.29) is 5.60 Å². The molecule has 1 aromatic heterocycles. The molecule has 2 unspecified atom stereocenters. The van der Waals surface area contributed by atoms with Crippen molar-refractivity contribution in [3.8, 4) is 0 Å². The number of hydrogen-bond donors (Lipinski definition) is 1. The zero-order chi connectivity index (χ0) is 13.8. The lowest BCUT2D eigenvalue weighted by Crippen LogP contribution is -2.35. The van der Waals surface area contributed by atoms with Crippen molar-refractivity contribution in [3.63, 3.8) is 0 Å². The summed E-state index contributed by atoms with van der Waals surface area (Å²) in [5.41, 5.74) is 0.244. The van der Waals surface area contributed by atoms with E-state index in [9.17, 15) is 0 Å². The zero-order valence-corrected chi connectivity index (χ0v) is 13.3. The van der Waals surface area contributed by atoms with Crippen LogP contribution in [-0.2, 0) is 4.74 Å². The average Bonchev–Trinajstić information content (AvgIpc) is 3.12. The SMILES string of the molecule is CCC(NCC1CCC2(CCCCC2)O1)c1nccs1. The first-order valence-electron chi connectivity index (χ1n) is 8.12. The molecule has 1 saturated carbocycles. The Morgan fingerprint density at radius 3 is 2.95 bits per heavy atom. The molecule has 0 bridgehead atoms. The largest absolute Gasteiger partial charge is 0.370 e. The van der Waals surface area contributed by atoms with Crippen molar-refractivity contribution < 1.29 is 4.74 Å². The van der Waals surface area contributed by atoms with Gasteiger partial charge in [-0.2, -0.15) is 0 Å². The Bertz CT molecular complexity index is 401. The highest BCUT2D eigenvalue weighted by Crippen LogP contribution is 2.41. The predicted molar refractivity (Wildman–Crippen MR) is 83.1 cm³/mol. The summed E-state index contributed by atoms with van der Waals surface area (Å²) in [6.07, 6.45) is 12.6. The fourth-order valence-corrected chi connectivity index (χ4v) is 4.49. The Kier molecular flexibility index (Phi) is 4.74. The van der Waals surface area contributed by atoms with Crippen LogP contribution in [0.2, 0.25) is 0 Å². The third-order valence-corrected chi connectivity index (χ3v) is 5.74.